The second kappa shape index (κ2) is 12.7. The normalized spacial score (nSPS) is 18.5. The number of ketones is 1. The lowest BCUT2D eigenvalue weighted by atomic mass is 9.86. The SMILES string of the molecule is CCN(CC)C(=O)[C@@H]1CC[C@@H](CC(=O)c2ccc3c(c2)C(c2ccncc2)=NC3)CN1Cc1c(F)cccc1OC. The molecule has 3 aromatic rings. The van der Waals surface area contributed by atoms with Crippen LogP contribution in [0.2, 0.25) is 0 Å². The van der Waals surface area contributed by atoms with Crippen molar-refractivity contribution in [1.82, 2.24) is 14.8 Å². The average molecular weight is 557 g/mol. The Kier molecular flexibility index (Phi) is 8.88. The third-order valence-electron chi connectivity index (χ3n) is 8.32. The number of likely N-dealkylation sites (N-methyl/N-ethyl adjacent to an activating group) is 1. The number of amides is 1. The number of methoxy groups -OCH3 is 1. The van der Waals surface area contributed by atoms with Gasteiger partial charge in [-0.2, -0.15) is 0 Å². The number of carbonyl (C=O) groups excluding carboxylic acids is 2. The molecule has 3 heterocycles. The summed E-state index contributed by atoms with van der Waals surface area (Å²) >= 11 is 0. The molecule has 2 aromatic carbocycles. The molecule has 0 bridgehead atoms. The smallest absolute Gasteiger partial charge is 0.239 e. The largest absolute Gasteiger partial charge is 0.496 e. The van der Waals surface area contributed by atoms with E-state index in [2.05, 4.69) is 4.98 Å². The Morgan fingerprint density at radius 1 is 1.07 bits per heavy atom. The molecule has 2 aliphatic rings. The highest BCUT2D eigenvalue weighted by atomic mass is 19.1. The van der Waals surface area contributed by atoms with E-state index >= 15 is 0 Å². The molecular weight excluding hydrogens is 519 g/mol. The third-order valence-corrected chi connectivity index (χ3v) is 8.32. The molecular formula is C33H37FN4O3. The van der Waals surface area contributed by atoms with Crippen LogP contribution in [-0.4, -0.2) is 65.0 Å². The number of rotatable bonds is 10. The lowest BCUT2D eigenvalue weighted by Crippen LogP contribution is -2.52. The molecule has 1 saturated heterocycles. The van der Waals surface area contributed by atoms with Crippen molar-refractivity contribution in [1.29, 1.82) is 0 Å². The van der Waals surface area contributed by atoms with Crippen LogP contribution in [0.4, 0.5) is 4.39 Å². The van der Waals surface area contributed by atoms with E-state index < -0.39 is 0 Å². The number of nitrogens with zero attached hydrogens (tertiary/aromatic N) is 4. The molecule has 214 valence electrons. The van der Waals surface area contributed by atoms with Gasteiger partial charge in [0, 0.05) is 67.2 Å². The maximum atomic E-state index is 14.9. The van der Waals surface area contributed by atoms with Gasteiger partial charge in [-0.3, -0.25) is 24.5 Å². The Hall–Kier alpha value is -3.91. The highest BCUT2D eigenvalue weighted by Gasteiger charge is 2.36. The fraction of sp³-hybridized carbons (Fsp3) is 0.394. The van der Waals surface area contributed by atoms with Gasteiger partial charge in [0.2, 0.25) is 5.91 Å². The van der Waals surface area contributed by atoms with E-state index in [0.717, 1.165) is 28.8 Å². The minimum absolute atomic E-state index is 0.0441. The van der Waals surface area contributed by atoms with E-state index in [4.69, 9.17) is 9.73 Å². The van der Waals surface area contributed by atoms with Gasteiger partial charge in [-0.15, -0.1) is 0 Å². The van der Waals surface area contributed by atoms with Gasteiger partial charge in [0.25, 0.3) is 0 Å². The van der Waals surface area contributed by atoms with E-state index in [1.54, 1.807) is 24.5 Å². The van der Waals surface area contributed by atoms with Gasteiger partial charge in [0.1, 0.15) is 11.6 Å². The minimum atomic E-state index is -0.371. The zero-order valence-corrected chi connectivity index (χ0v) is 24.0. The van der Waals surface area contributed by atoms with Gasteiger partial charge in [-0.05, 0) is 68.5 Å². The number of piperidine rings is 1. The van der Waals surface area contributed by atoms with Gasteiger partial charge in [-0.25, -0.2) is 4.39 Å². The summed E-state index contributed by atoms with van der Waals surface area (Å²) in [5.41, 5.74) is 5.06. The first kappa shape index (κ1) is 28.6. The predicted octanol–water partition coefficient (Wildman–Crippen LogP) is 5.30. The summed E-state index contributed by atoms with van der Waals surface area (Å²) in [6, 6.07) is 14.1. The van der Waals surface area contributed by atoms with Gasteiger partial charge < -0.3 is 9.64 Å². The number of pyridine rings is 1. The number of carbonyl (C=O) groups is 2. The summed E-state index contributed by atoms with van der Waals surface area (Å²) in [5, 5.41) is 0. The molecule has 0 saturated carbocycles. The number of Topliss-reactive ketones (excluding diaryl/α,β-unsaturated/α-hetero) is 1. The summed E-state index contributed by atoms with van der Waals surface area (Å²) in [6.45, 7) is 6.54. The second-order valence-electron chi connectivity index (χ2n) is 10.7. The first-order chi connectivity index (χ1) is 19.9. The van der Waals surface area contributed by atoms with Crippen LogP contribution in [-0.2, 0) is 17.9 Å². The number of hydrogen-bond acceptors (Lipinski definition) is 6. The number of benzene rings is 2. The molecule has 0 aliphatic carbocycles. The Labute approximate surface area is 241 Å². The van der Waals surface area contributed by atoms with Crippen molar-refractivity contribution in [3.63, 3.8) is 0 Å². The Morgan fingerprint density at radius 2 is 1.85 bits per heavy atom. The molecule has 0 N–H and O–H groups in total. The van der Waals surface area contributed by atoms with Crippen molar-refractivity contribution in [2.45, 2.75) is 52.2 Å². The maximum absolute atomic E-state index is 14.9. The minimum Gasteiger partial charge on any atom is -0.496 e. The number of halogens is 1. The number of likely N-dealkylation sites (tertiary alicyclic amines) is 1. The summed E-state index contributed by atoms with van der Waals surface area (Å²) in [7, 11) is 1.52. The second-order valence-corrected chi connectivity index (χ2v) is 10.7. The van der Waals surface area contributed by atoms with Crippen molar-refractivity contribution in [2.24, 2.45) is 10.9 Å². The van der Waals surface area contributed by atoms with Crippen LogP contribution in [0.25, 0.3) is 0 Å². The van der Waals surface area contributed by atoms with Crippen LogP contribution in [0.1, 0.15) is 65.7 Å². The van der Waals surface area contributed by atoms with E-state index in [-0.39, 0.29) is 36.0 Å². The zero-order valence-electron chi connectivity index (χ0n) is 24.0. The van der Waals surface area contributed by atoms with Crippen molar-refractivity contribution >= 4 is 17.4 Å². The third kappa shape index (κ3) is 6.07. The Bertz CT molecular complexity index is 1440. The number of aromatic nitrogens is 1. The highest BCUT2D eigenvalue weighted by Crippen LogP contribution is 2.32. The van der Waals surface area contributed by atoms with Gasteiger partial charge >= 0.3 is 0 Å². The lowest BCUT2D eigenvalue weighted by molar-refractivity contribution is -0.139. The van der Waals surface area contributed by atoms with Crippen molar-refractivity contribution < 1.29 is 18.7 Å². The maximum Gasteiger partial charge on any atom is 0.239 e. The molecule has 5 rings (SSSR count). The molecule has 7 nitrogen and oxygen atoms in total. The number of hydrogen-bond donors (Lipinski definition) is 0. The molecule has 1 amide bonds. The molecule has 41 heavy (non-hydrogen) atoms. The highest BCUT2D eigenvalue weighted by molar-refractivity contribution is 6.16. The Morgan fingerprint density at radius 3 is 2.59 bits per heavy atom. The molecule has 2 atom stereocenters. The first-order valence-corrected chi connectivity index (χ1v) is 14.4. The van der Waals surface area contributed by atoms with Gasteiger partial charge in [-0.1, -0.05) is 18.2 Å². The Balaban J connectivity index is 1.35. The topological polar surface area (TPSA) is 75.1 Å². The van der Waals surface area contributed by atoms with E-state index in [0.29, 0.717) is 55.9 Å². The monoisotopic (exact) mass is 556 g/mol. The summed E-state index contributed by atoms with van der Waals surface area (Å²) in [5.74, 6) is 0.262. The fourth-order valence-electron chi connectivity index (χ4n) is 6.07. The number of fused-ring (bicyclic) bond motifs is 1. The van der Waals surface area contributed by atoms with E-state index in [1.807, 2.05) is 54.0 Å². The lowest BCUT2D eigenvalue weighted by Gasteiger charge is -2.40. The first-order valence-electron chi connectivity index (χ1n) is 14.4. The quantitative estimate of drug-likeness (QED) is 0.317. The fourth-order valence-corrected chi connectivity index (χ4v) is 6.07. The van der Waals surface area contributed by atoms with Gasteiger partial charge in [0.15, 0.2) is 5.78 Å². The standard InChI is InChI=1S/C33H37FN4O3/c1-4-37(5-2)33(40)29-12-9-22(20-38(29)21-27-28(34)7-6-8-31(27)41-3)17-30(39)24-10-11-25-19-36-32(26(25)18-24)23-13-15-35-16-14-23/h6-8,10-11,13-16,18,22,29H,4-5,9,12,17,19-21H2,1-3H3/t22-,29-/m0/s1. The number of aliphatic imine (C=N–C) groups is 1. The van der Waals surface area contributed by atoms with E-state index in [9.17, 15) is 14.0 Å². The summed E-state index contributed by atoms with van der Waals surface area (Å²) < 4.78 is 20.4. The number of ether oxygens (including phenoxy) is 1. The van der Waals surface area contributed by atoms with Crippen LogP contribution in [0.15, 0.2) is 65.9 Å². The summed E-state index contributed by atoms with van der Waals surface area (Å²) in [4.78, 5) is 39.7. The van der Waals surface area contributed by atoms with Crippen LogP contribution in [0.3, 0.4) is 0 Å². The molecule has 0 spiro atoms. The molecule has 1 fully saturated rings. The predicted molar refractivity (Wildman–Crippen MR) is 157 cm³/mol. The van der Waals surface area contributed by atoms with Crippen LogP contribution < -0.4 is 4.74 Å². The zero-order chi connectivity index (χ0) is 28.9. The molecule has 1 aromatic heterocycles. The van der Waals surface area contributed by atoms with Crippen LogP contribution in [0.5, 0.6) is 5.75 Å². The van der Waals surface area contributed by atoms with Crippen molar-refractivity contribution in [2.75, 3.05) is 26.7 Å². The molecule has 0 unspecified atom stereocenters. The van der Waals surface area contributed by atoms with Crippen LogP contribution >= 0.6 is 0 Å². The average Bonchev–Trinajstić information content (AvgIpc) is 3.43. The molecule has 8 heteroatoms. The van der Waals surface area contributed by atoms with Crippen molar-refractivity contribution in [3.8, 4) is 5.75 Å². The molecule has 0 radical (unpaired) electrons. The van der Waals surface area contributed by atoms with Crippen molar-refractivity contribution in [3.05, 3.63) is 94.6 Å². The summed E-state index contributed by atoms with van der Waals surface area (Å²) in [6.07, 6.45) is 5.22. The van der Waals surface area contributed by atoms with Crippen LogP contribution in [0, 0.1) is 11.7 Å². The van der Waals surface area contributed by atoms with Gasteiger partial charge in [0.05, 0.1) is 25.4 Å². The molecule has 2 aliphatic heterocycles. The van der Waals surface area contributed by atoms with E-state index in [1.165, 1.54) is 13.2 Å².